The van der Waals surface area contributed by atoms with Crippen molar-refractivity contribution in [1.82, 2.24) is 4.57 Å². The summed E-state index contributed by atoms with van der Waals surface area (Å²) >= 11 is 0. The highest BCUT2D eigenvalue weighted by molar-refractivity contribution is 6.16. The molecule has 0 atom stereocenters. The van der Waals surface area contributed by atoms with E-state index in [0.717, 1.165) is 60.6 Å². The lowest BCUT2D eigenvalue weighted by Gasteiger charge is -2.25. The van der Waals surface area contributed by atoms with Crippen molar-refractivity contribution < 1.29 is 8.83 Å². The smallest absolute Gasteiger partial charge is 0.138 e. The van der Waals surface area contributed by atoms with Gasteiger partial charge in [0.05, 0.1) is 16.7 Å². The maximum atomic E-state index is 6.73. The van der Waals surface area contributed by atoms with Crippen LogP contribution in [0.4, 0.5) is 0 Å². The fourth-order valence-electron chi connectivity index (χ4n) is 9.59. The van der Waals surface area contributed by atoms with Crippen LogP contribution in [0.2, 0.25) is 0 Å². The van der Waals surface area contributed by atoms with Gasteiger partial charge in [0, 0.05) is 43.8 Å². The Morgan fingerprint density at radius 3 is 1.85 bits per heavy atom. The predicted molar refractivity (Wildman–Crippen MR) is 224 cm³/mol. The van der Waals surface area contributed by atoms with E-state index in [1.54, 1.807) is 0 Å². The van der Waals surface area contributed by atoms with Gasteiger partial charge in [0.25, 0.3) is 0 Å². The molecule has 0 N–H and O–H groups in total. The van der Waals surface area contributed by atoms with E-state index >= 15 is 0 Å². The first-order valence-corrected chi connectivity index (χ1v) is 18.7. The fourth-order valence-corrected chi connectivity index (χ4v) is 9.59. The molecule has 3 heterocycles. The van der Waals surface area contributed by atoms with Gasteiger partial charge in [0.1, 0.15) is 22.3 Å². The topological polar surface area (TPSA) is 31.2 Å². The Labute approximate surface area is 311 Å². The van der Waals surface area contributed by atoms with Crippen LogP contribution in [0.25, 0.3) is 105 Å². The van der Waals surface area contributed by atoms with Gasteiger partial charge in [-0.3, -0.25) is 0 Å². The van der Waals surface area contributed by atoms with Gasteiger partial charge in [-0.05, 0) is 93.0 Å². The van der Waals surface area contributed by atoms with Crippen molar-refractivity contribution in [1.29, 1.82) is 0 Å². The molecule has 54 heavy (non-hydrogen) atoms. The van der Waals surface area contributed by atoms with Crippen molar-refractivity contribution in [3.8, 4) is 39.1 Å². The van der Waals surface area contributed by atoms with E-state index in [2.05, 4.69) is 170 Å². The molecule has 1 aliphatic carbocycles. The Bertz CT molecular complexity index is 3370. The minimum atomic E-state index is -0.167. The number of furan rings is 2. The summed E-state index contributed by atoms with van der Waals surface area (Å²) in [5, 5.41) is 6.99. The first-order chi connectivity index (χ1) is 26.5. The van der Waals surface area contributed by atoms with Crippen LogP contribution in [-0.2, 0) is 5.41 Å². The zero-order valence-electron chi connectivity index (χ0n) is 29.9. The van der Waals surface area contributed by atoms with Gasteiger partial charge in [-0.2, -0.15) is 0 Å². The van der Waals surface area contributed by atoms with Gasteiger partial charge in [-0.1, -0.05) is 123 Å². The molecular weight excluding hydrogens is 659 g/mol. The van der Waals surface area contributed by atoms with Crippen molar-refractivity contribution in [2.24, 2.45) is 0 Å². The van der Waals surface area contributed by atoms with Crippen LogP contribution in [0.1, 0.15) is 25.0 Å². The number of para-hydroxylation sites is 3. The Kier molecular flexibility index (Phi) is 5.84. The van der Waals surface area contributed by atoms with E-state index in [1.807, 2.05) is 12.1 Å². The molecule has 11 aromatic rings. The number of benzene rings is 8. The minimum Gasteiger partial charge on any atom is -0.456 e. The summed E-state index contributed by atoms with van der Waals surface area (Å²) in [6.45, 7) is 4.74. The van der Waals surface area contributed by atoms with Gasteiger partial charge in [-0.25, -0.2) is 0 Å². The molecule has 1 aliphatic rings. The van der Waals surface area contributed by atoms with E-state index < -0.39 is 0 Å². The summed E-state index contributed by atoms with van der Waals surface area (Å²) in [7, 11) is 0. The van der Waals surface area contributed by atoms with E-state index in [-0.39, 0.29) is 5.41 Å². The lowest BCUT2D eigenvalue weighted by atomic mass is 9.78. The molecule has 0 bridgehead atoms. The molecule has 0 unspecified atom stereocenters. The molecule has 0 radical (unpaired) electrons. The van der Waals surface area contributed by atoms with E-state index in [1.165, 1.54) is 55.3 Å². The Morgan fingerprint density at radius 2 is 1.00 bits per heavy atom. The summed E-state index contributed by atoms with van der Waals surface area (Å²) in [6, 6.07) is 59.3. The molecule has 8 aromatic carbocycles. The quantitative estimate of drug-likeness (QED) is 0.185. The second-order valence-electron chi connectivity index (χ2n) is 15.3. The van der Waals surface area contributed by atoms with Gasteiger partial charge in [0.2, 0.25) is 0 Å². The van der Waals surface area contributed by atoms with Crippen molar-refractivity contribution in [3.63, 3.8) is 0 Å². The highest BCUT2D eigenvalue weighted by Gasteiger charge is 2.37. The second-order valence-corrected chi connectivity index (χ2v) is 15.3. The first kappa shape index (κ1) is 29.7. The molecule has 3 nitrogen and oxygen atoms in total. The number of rotatable bonds is 3. The van der Waals surface area contributed by atoms with Gasteiger partial charge in [0.15, 0.2) is 0 Å². The lowest BCUT2D eigenvalue weighted by Crippen LogP contribution is -2.16. The average Bonchev–Trinajstić information content (AvgIpc) is 3.94. The summed E-state index contributed by atoms with van der Waals surface area (Å²) in [4.78, 5) is 0. The fraction of sp³-hybridized carbons (Fsp3) is 0.0588. The van der Waals surface area contributed by atoms with Crippen LogP contribution in [-0.4, -0.2) is 4.57 Å². The molecule has 3 heteroatoms. The summed E-state index contributed by atoms with van der Waals surface area (Å²) in [6.07, 6.45) is 0. The zero-order valence-corrected chi connectivity index (χ0v) is 29.9. The number of fused-ring (bicyclic) bond motifs is 12. The summed E-state index contributed by atoms with van der Waals surface area (Å²) in [5.41, 5.74) is 17.0. The molecule has 0 fully saturated rings. The zero-order chi connectivity index (χ0) is 35.7. The maximum Gasteiger partial charge on any atom is 0.138 e. The van der Waals surface area contributed by atoms with Gasteiger partial charge < -0.3 is 13.4 Å². The van der Waals surface area contributed by atoms with Gasteiger partial charge >= 0.3 is 0 Å². The third-order valence-corrected chi connectivity index (χ3v) is 12.0. The van der Waals surface area contributed by atoms with Crippen molar-refractivity contribution in [2.45, 2.75) is 19.3 Å². The standard InChI is InChI=1S/C51H33NO2/c1-51(2)42-18-7-3-12-33(42)36-16-11-17-37(50(36)51)41-28-32(29-48-49(41)38-15-6-10-21-46(38)54-48)52-43-19-8-4-13-34(43)39-26-30(22-24-44(39)52)31-23-25-47-40(27-31)35-14-5-9-20-45(35)53-47/h3-29H,1-2H3. The Balaban J connectivity index is 1.12. The van der Waals surface area contributed by atoms with Crippen molar-refractivity contribution in [2.75, 3.05) is 0 Å². The molecule has 0 saturated heterocycles. The molecule has 12 rings (SSSR count). The number of hydrogen-bond acceptors (Lipinski definition) is 2. The lowest BCUT2D eigenvalue weighted by molar-refractivity contribution is 0.662. The third kappa shape index (κ3) is 3.96. The Hall–Kier alpha value is -6.84. The van der Waals surface area contributed by atoms with Crippen molar-refractivity contribution in [3.05, 3.63) is 175 Å². The molecule has 254 valence electrons. The predicted octanol–water partition coefficient (Wildman–Crippen LogP) is 14.2. The molecule has 0 amide bonds. The van der Waals surface area contributed by atoms with Crippen molar-refractivity contribution >= 4 is 65.7 Å². The first-order valence-electron chi connectivity index (χ1n) is 18.7. The monoisotopic (exact) mass is 691 g/mol. The highest BCUT2D eigenvalue weighted by Crippen LogP contribution is 2.53. The molecule has 0 spiro atoms. The number of hydrogen-bond donors (Lipinski definition) is 0. The normalized spacial score (nSPS) is 13.5. The van der Waals surface area contributed by atoms with Crippen LogP contribution in [0.3, 0.4) is 0 Å². The largest absolute Gasteiger partial charge is 0.456 e. The van der Waals surface area contributed by atoms with Crippen LogP contribution in [0, 0.1) is 0 Å². The molecule has 3 aromatic heterocycles. The summed E-state index contributed by atoms with van der Waals surface area (Å²) < 4.78 is 15.3. The SMILES string of the molecule is CC1(C)c2ccccc2-c2cccc(-c3cc(-n4c5ccccc5c5cc(-c6ccc7oc8ccccc8c7c6)ccc54)cc4oc5ccccc5c34)c21. The van der Waals surface area contributed by atoms with Crippen LogP contribution >= 0.6 is 0 Å². The second kappa shape index (κ2) is 10.6. The molecule has 0 aliphatic heterocycles. The maximum absolute atomic E-state index is 6.73. The van der Waals surface area contributed by atoms with Gasteiger partial charge in [-0.15, -0.1) is 0 Å². The van der Waals surface area contributed by atoms with Crippen LogP contribution < -0.4 is 0 Å². The Morgan fingerprint density at radius 1 is 0.407 bits per heavy atom. The highest BCUT2D eigenvalue weighted by atomic mass is 16.3. The van der Waals surface area contributed by atoms with E-state index in [4.69, 9.17) is 8.83 Å². The minimum absolute atomic E-state index is 0.167. The van der Waals surface area contributed by atoms with Crippen LogP contribution in [0.5, 0.6) is 0 Å². The van der Waals surface area contributed by atoms with Crippen LogP contribution in [0.15, 0.2) is 173 Å². The number of aromatic nitrogens is 1. The summed E-state index contributed by atoms with van der Waals surface area (Å²) in [5.74, 6) is 0. The average molecular weight is 692 g/mol. The number of nitrogens with zero attached hydrogens (tertiary/aromatic N) is 1. The molecular formula is C51H33NO2. The van der Waals surface area contributed by atoms with E-state index in [9.17, 15) is 0 Å². The third-order valence-electron chi connectivity index (χ3n) is 12.0. The van der Waals surface area contributed by atoms with E-state index in [0.29, 0.717) is 0 Å². The molecule has 0 saturated carbocycles.